The zero-order valence-corrected chi connectivity index (χ0v) is 20.4. The van der Waals surface area contributed by atoms with Crippen molar-refractivity contribution < 1.29 is 46.1 Å². The van der Waals surface area contributed by atoms with E-state index in [9.17, 15) is 36.6 Å². The van der Waals surface area contributed by atoms with Crippen LogP contribution in [0.1, 0.15) is 43.4 Å². The molecule has 0 bridgehead atoms. The number of alkyl halides is 3. The molecule has 3 aromatic carbocycles. The lowest BCUT2D eigenvalue weighted by atomic mass is 9.95. The summed E-state index contributed by atoms with van der Waals surface area (Å²) in [6.45, 7) is 0.0537. The van der Waals surface area contributed by atoms with Gasteiger partial charge in [-0.3, -0.25) is 9.59 Å². The minimum atomic E-state index is -4.91. The van der Waals surface area contributed by atoms with Gasteiger partial charge in [-0.25, -0.2) is 8.78 Å². The van der Waals surface area contributed by atoms with Gasteiger partial charge in [0, 0.05) is 27.8 Å². The third kappa shape index (κ3) is 5.40. The molecule has 3 atom stereocenters. The van der Waals surface area contributed by atoms with E-state index in [1.54, 1.807) is 0 Å². The lowest BCUT2D eigenvalue weighted by Crippen LogP contribution is -2.29. The zero-order chi connectivity index (χ0) is 28.1. The maximum atomic E-state index is 14.1. The maximum absolute atomic E-state index is 14.1. The van der Waals surface area contributed by atoms with Gasteiger partial charge in [0.15, 0.2) is 0 Å². The number of amides is 2. The molecule has 0 aliphatic carbocycles. The van der Waals surface area contributed by atoms with E-state index in [0.29, 0.717) is 12.1 Å². The first kappa shape index (κ1) is 26.9. The average Bonchev–Trinajstić information content (AvgIpc) is 3.42. The van der Waals surface area contributed by atoms with Crippen molar-refractivity contribution in [1.29, 1.82) is 0 Å². The molecular weight excluding hydrogens is 551 g/mol. The number of hydrogen-bond acceptors (Lipinski definition) is 5. The number of ether oxygens (including phenoxy) is 2. The highest BCUT2D eigenvalue weighted by molar-refractivity contribution is 6.31. The smallest absolute Gasteiger partial charge is 0.416 e. The number of rotatable bonds is 5. The second-order valence-corrected chi connectivity index (χ2v) is 9.35. The van der Waals surface area contributed by atoms with E-state index in [1.165, 1.54) is 18.2 Å². The van der Waals surface area contributed by atoms with Crippen molar-refractivity contribution in [2.24, 2.45) is 0 Å². The van der Waals surface area contributed by atoms with Crippen LogP contribution in [0.2, 0.25) is 5.02 Å². The number of fused-ring (bicyclic) bond motifs is 1. The van der Waals surface area contributed by atoms with Gasteiger partial charge < -0.3 is 25.2 Å². The molecule has 0 radical (unpaired) electrons. The highest BCUT2D eigenvalue weighted by Gasteiger charge is 2.37. The second-order valence-electron chi connectivity index (χ2n) is 8.95. The van der Waals surface area contributed by atoms with E-state index in [2.05, 4.69) is 10.6 Å². The van der Waals surface area contributed by atoms with Gasteiger partial charge in [-0.15, -0.1) is 0 Å². The summed E-state index contributed by atoms with van der Waals surface area (Å²) in [5.74, 6) is -3.67. The number of hydrogen-bond donors (Lipinski definition) is 3. The van der Waals surface area contributed by atoms with Crippen LogP contribution in [-0.4, -0.2) is 42.3 Å². The van der Waals surface area contributed by atoms with Crippen molar-refractivity contribution in [3.8, 4) is 5.75 Å². The fourth-order valence-electron chi connectivity index (χ4n) is 4.44. The van der Waals surface area contributed by atoms with Crippen LogP contribution in [0.4, 0.5) is 27.6 Å². The number of aliphatic hydroxyl groups is 1. The molecule has 0 spiro atoms. The molecule has 39 heavy (non-hydrogen) atoms. The summed E-state index contributed by atoms with van der Waals surface area (Å²) >= 11 is 6.26. The van der Waals surface area contributed by atoms with Crippen molar-refractivity contribution in [2.45, 2.75) is 24.4 Å². The fraction of sp³-hybridized carbons (Fsp3) is 0.231. The van der Waals surface area contributed by atoms with Crippen LogP contribution >= 0.6 is 11.6 Å². The summed E-state index contributed by atoms with van der Waals surface area (Å²) in [5, 5.41) is 15.2. The molecule has 1 saturated heterocycles. The van der Waals surface area contributed by atoms with Gasteiger partial charge in [0.1, 0.15) is 29.6 Å². The predicted octanol–water partition coefficient (Wildman–Crippen LogP) is 4.86. The highest BCUT2D eigenvalue weighted by Crippen LogP contribution is 2.42. The molecule has 2 aliphatic heterocycles. The van der Waals surface area contributed by atoms with Gasteiger partial charge >= 0.3 is 6.18 Å². The standard InChI is InChI=1S/C26H18ClF5N2O5/c27-18-2-1-13(28)6-16(18)23-22-17(25(37)34-23)7-15(39-21-10-38-9-20(21)35)8-19(22)33-24(36)11-3-12(26(30,31)32)5-14(29)4-11/h1-8,20-21,23,35H,9-10H2,(H,33,36)(H,34,37)/t20-,21-,23?/m1/s1. The molecular formula is C26H18ClF5N2O5. The van der Waals surface area contributed by atoms with Gasteiger partial charge in [0.25, 0.3) is 11.8 Å². The van der Waals surface area contributed by atoms with Crippen molar-refractivity contribution in [3.05, 3.63) is 93.0 Å². The van der Waals surface area contributed by atoms with Gasteiger partial charge in [-0.2, -0.15) is 13.2 Å². The number of aliphatic hydroxyl groups excluding tert-OH is 1. The maximum Gasteiger partial charge on any atom is 0.416 e. The first-order valence-corrected chi connectivity index (χ1v) is 11.8. The summed E-state index contributed by atoms with van der Waals surface area (Å²) in [6, 6.07) is 6.40. The summed E-state index contributed by atoms with van der Waals surface area (Å²) in [5.41, 5.74) is -1.83. The quantitative estimate of drug-likeness (QED) is 0.382. The van der Waals surface area contributed by atoms with Gasteiger partial charge in [0.05, 0.1) is 36.1 Å². The minimum Gasteiger partial charge on any atom is -0.485 e. The largest absolute Gasteiger partial charge is 0.485 e. The van der Waals surface area contributed by atoms with E-state index in [-0.39, 0.29) is 52.4 Å². The lowest BCUT2D eigenvalue weighted by molar-refractivity contribution is -0.137. The Bertz CT molecular complexity index is 1480. The van der Waals surface area contributed by atoms with Gasteiger partial charge in [-0.1, -0.05) is 11.6 Å². The third-order valence-electron chi connectivity index (χ3n) is 6.25. The summed E-state index contributed by atoms with van der Waals surface area (Å²) in [6.07, 6.45) is -6.69. The first-order valence-electron chi connectivity index (χ1n) is 11.5. The van der Waals surface area contributed by atoms with Gasteiger partial charge in [0.2, 0.25) is 0 Å². The monoisotopic (exact) mass is 568 g/mol. The number of benzene rings is 3. The predicted molar refractivity (Wildman–Crippen MR) is 128 cm³/mol. The molecule has 3 N–H and O–H groups in total. The molecule has 5 rings (SSSR count). The van der Waals surface area contributed by atoms with Crippen LogP contribution in [0.25, 0.3) is 0 Å². The summed E-state index contributed by atoms with van der Waals surface area (Å²) < 4.78 is 78.6. The van der Waals surface area contributed by atoms with E-state index >= 15 is 0 Å². The highest BCUT2D eigenvalue weighted by atomic mass is 35.5. The minimum absolute atomic E-state index is 0.00300. The Morgan fingerprint density at radius 1 is 1.08 bits per heavy atom. The van der Waals surface area contributed by atoms with Crippen LogP contribution < -0.4 is 15.4 Å². The Kier molecular flexibility index (Phi) is 6.95. The molecule has 2 aliphatic rings. The molecule has 204 valence electrons. The van der Waals surface area contributed by atoms with Crippen LogP contribution in [0.5, 0.6) is 5.75 Å². The molecule has 3 aromatic rings. The van der Waals surface area contributed by atoms with Crippen LogP contribution in [0.3, 0.4) is 0 Å². The van der Waals surface area contributed by atoms with E-state index in [1.807, 2.05) is 0 Å². The number of anilines is 1. The number of halogens is 6. The molecule has 0 aromatic heterocycles. The van der Waals surface area contributed by atoms with Crippen molar-refractivity contribution in [1.82, 2.24) is 5.32 Å². The molecule has 13 heteroatoms. The lowest BCUT2D eigenvalue weighted by Gasteiger charge is -2.21. The normalized spacial score (nSPS) is 20.5. The van der Waals surface area contributed by atoms with Crippen molar-refractivity contribution >= 4 is 29.1 Å². The second kappa shape index (κ2) is 10.1. The average molecular weight is 569 g/mol. The molecule has 1 fully saturated rings. The fourth-order valence-corrected chi connectivity index (χ4v) is 4.66. The van der Waals surface area contributed by atoms with Crippen molar-refractivity contribution in [2.75, 3.05) is 18.5 Å². The van der Waals surface area contributed by atoms with Crippen LogP contribution in [0, 0.1) is 11.6 Å². The third-order valence-corrected chi connectivity index (χ3v) is 6.60. The molecule has 0 saturated carbocycles. The summed E-state index contributed by atoms with van der Waals surface area (Å²) in [7, 11) is 0. The molecule has 2 heterocycles. The Morgan fingerprint density at radius 2 is 1.85 bits per heavy atom. The van der Waals surface area contributed by atoms with Crippen molar-refractivity contribution in [3.63, 3.8) is 0 Å². The van der Waals surface area contributed by atoms with E-state index < -0.39 is 59.0 Å². The Balaban J connectivity index is 1.59. The topological polar surface area (TPSA) is 96.9 Å². The zero-order valence-electron chi connectivity index (χ0n) is 19.6. The Labute approximate surface area is 222 Å². The van der Waals surface area contributed by atoms with E-state index in [0.717, 1.165) is 12.1 Å². The molecule has 1 unspecified atom stereocenters. The first-order chi connectivity index (χ1) is 18.4. The number of carbonyl (C=O) groups is 2. The Hall–Kier alpha value is -3.74. The van der Waals surface area contributed by atoms with Crippen LogP contribution in [0.15, 0.2) is 48.5 Å². The SMILES string of the molecule is O=C(Nc1cc(O[C@@H]2COC[C@H]2O)cc2c1C(c1cc(F)ccc1Cl)NC2=O)c1cc(F)cc(C(F)(F)F)c1. The number of nitrogens with one attached hydrogen (secondary N) is 2. The van der Waals surface area contributed by atoms with Crippen LogP contribution in [-0.2, 0) is 10.9 Å². The van der Waals surface area contributed by atoms with Gasteiger partial charge in [-0.05, 0) is 42.5 Å². The summed E-state index contributed by atoms with van der Waals surface area (Å²) in [4.78, 5) is 26.0. The Morgan fingerprint density at radius 3 is 2.54 bits per heavy atom. The van der Waals surface area contributed by atoms with E-state index in [4.69, 9.17) is 21.1 Å². The molecule has 2 amide bonds. The number of carbonyl (C=O) groups excluding carboxylic acids is 2. The molecule has 7 nitrogen and oxygen atoms in total.